The molecule has 0 bridgehead atoms. The van der Waals surface area contributed by atoms with Gasteiger partial charge in [-0.05, 0) is 18.6 Å². The lowest BCUT2D eigenvalue weighted by Gasteiger charge is -2.05. The summed E-state index contributed by atoms with van der Waals surface area (Å²) in [6.45, 7) is 0.987. The van der Waals surface area contributed by atoms with E-state index in [2.05, 4.69) is 30.6 Å². The minimum atomic E-state index is 0.630. The maximum atomic E-state index is 4.90. The lowest BCUT2D eigenvalue weighted by atomic mass is 10.0. The predicted octanol–water partition coefficient (Wildman–Crippen LogP) is 13.2. The third-order valence-electron chi connectivity index (χ3n) is 8.36. The highest BCUT2D eigenvalue weighted by molar-refractivity contribution is 8.11. The Morgan fingerprint density at radius 1 is 0.333 bits per heavy atom. The van der Waals surface area contributed by atoms with Crippen molar-refractivity contribution in [3.8, 4) is 0 Å². The maximum Gasteiger partial charge on any atom is 0.130 e. The third kappa shape index (κ3) is 38.6. The van der Waals surface area contributed by atoms with Gasteiger partial charge in [-0.2, -0.15) is 12.6 Å². The molecule has 234 valence electrons. The first kappa shape index (κ1) is 39.6. The Labute approximate surface area is 263 Å². The van der Waals surface area contributed by atoms with Gasteiger partial charge in [-0.25, -0.2) is 0 Å². The Morgan fingerprint density at radius 2 is 0.513 bits per heavy atom. The molecule has 0 aliphatic carbocycles. The second-order valence-corrected chi connectivity index (χ2v) is 13.9. The van der Waals surface area contributed by atoms with Crippen LogP contribution in [-0.2, 0) is 0 Å². The molecule has 0 unspecified atom stereocenters. The summed E-state index contributed by atoms with van der Waals surface area (Å²) in [5.41, 5.74) is 0. The topological polar surface area (TPSA) is 12.0 Å². The van der Waals surface area contributed by atoms with Gasteiger partial charge < -0.3 is 5.32 Å². The average molecular weight is 602 g/mol. The van der Waals surface area contributed by atoms with Crippen molar-refractivity contribution >= 4 is 41.8 Å². The number of thiocarbonyl (C=S) groups is 1. The maximum absolute atomic E-state index is 4.90. The molecule has 1 nitrogen and oxygen atoms in total. The zero-order valence-electron chi connectivity index (χ0n) is 26.3. The Morgan fingerprint density at radius 3 is 0.692 bits per heavy atom. The first-order chi connectivity index (χ1) is 19.3. The van der Waals surface area contributed by atoms with Gasteiger partial charge in [-0.1, -0.05) is 205 Å². The lowest BCUT2D eigenvalue weighted by molar-refractivity contribution is 0.512. The van der Waals surface area contributed by atoms with Crippen LogP contribution in [0.2, 0.25) is 0 Å². The minimum Gasteiger partial charge on any atom is -0.371 e. The van der Waals surface area contributed by atoms with Crippen LogP contribution in [-0.4, -0.2) is 16.6 Å². The van der Waals surface area contributed by atoms with Gasteiger partial charge in [-0.3, -0.25) is 0 Å². The van der Waals surface area contributed by atoms with E-state index in [4.69, 9.17) is 12.2 Å². The van der Waals surface area contributed by atoms with E-state index in [-0.39, 0.29) is 0 Å². The van der Waals surface area contributed by atoms with Gasteiger partial charge in [0.1, 0.15) is 4.32 Å². The van der Waals surface area contributed by atoms with Crippen LogP contribution in [0.1, 0.15) is 205 Å². The van der Waals surface area contributed by atoms with Crippen LogP contribution in [0, 0.1) is 0 Å². The highest BCUT2D eigenvalue weighted by atomic mass is 32.1. The molecule has 0 radical (unpaired) electrons. The van der Waals surface area contributed by atoms with Gasteiger partial charge in [0.2, 0.25) is 0 Å². The molecule has 1 N–H and O–H groups in total. The lowest BCUT2D eigenvalue weighted by Crippen LogP contribution is -2.17. The molecule has 0 aromatic heterocycles. The molecular formula is C35H71NS3. The van der Waals surface area contributed by atoms with E-state index in [1.165, 1.54) is 205 Å². The molecule has 4 heteroatoms. The van der Waals surface area contributed by atoms with E-state index in [1.807, 2.05) is 0 Å². The third-order valence-corrected chi connectivity index (χ3v) is 8.98. The molecule has 0 saturated carbocycles. The summed E-state index contributed by atoms with van der Waals surface area (Å²) in [7, 11) is 0. The van der Waals surface area contributed by atoms with Crippen LogP contribution < -0.4 is 5.32 Å². The number of unbranched alkanes of at least 4 members (excludes halogenated alkanes) is 31. The van der Waals surface area contributed by atoms with Crippen LogP contribution >= 0.6 is 37.5 Å². The average Bonchev–Trinajstić information content (AvgIpc) is 2.93. The zero-order valence-corrected chi connectivity index (χ0v) is 28.9. The molecule has 0 aliphatic rings. The van der Waals surface area contributed by atoms with Crippen molar-refractivity contribution in [1.82, 2.24) is 5.32 Å². The second kappa shape index (κ2) is 36.6. The molecule has 0 fully saturated rings. The van der Waals surface area contributed by atoms with Crippen molar-refractivity contribution in [2.75, 3.05) is 12.3 Å². The Balaban J connectivity index is 3.02. The number of hydrogen-bond donors (Lipinski definition) is 3. The Bertz CT molecular complexity index is 457. The second-order valence-electron chi connectivity index (χ2n) is 12.3. The van der Waals surface area contributed by atoms with Crippen molar-refractivity contribution in [1.29, 1.82) is 0 Å². The smallest absolute Gasteiger partial charge is 0.130 e. The molecular weight excluding hydrogens is 531 g/mol. The van der Waals surface area contributed by atoms with Crippen molar-refractivity contribution < 1.29 is 0 Å². The minimum absolute atomic E-state index is 0.630. The molecule has 0 saturated heterocycles. The van der Waals surface area contributed by atoms with Crippen molar-refractivity contribution in [2.24, 2.45) is 0 Å². The summed E-state index contributed by atoms with van der Waals surface area (Å²) in [4.78, 5) is 0. The van der Waals surface area contributed by atoms with E-state index >= 15 is 0 Å². The van der Waals surface area contributed by atoms with Gasteiger partial charge >= 0.3 is 0 Å². The normalized spacial score (nSPS) is 11.3. The van der Waals surface area contributed by atoms with Gasteiger partial charge in [0, 0.05) is 6.54 Å². The standard InChI is InChI=1S/C35H71NS3/c37-34-32-30-28-26-24-22-20-18-16-14-12-10-8-6-4-2-1-3-5-7-9-11-13-15-17-19-21-23-25-27-29-31-33-36-35(38)39/h37H,1-34H2,(H2,36,38,39). The molecule has 0 aromatic rings. The molecule has 0 atom stereocenters. The molecule has 0 aromatic carbocycles. The summed E-state index contributed by atoms with van der Waals surface area (Å²) in [5, 5.41) is 3.11. The zero-order chi connectivity index (χ0) is 28.3. The Hall–Kier alpha value is 0.590. The summed E-state index contributed by atoms with van der Waals surface area (Å²) in [6, 6.07) is 0. The van der Waals surface area contributed by atoms with Crippen LogP contribution in [0.15, 0.2) is 0 Å². The highest BCUT2D eigenvalue weighted by Crippen LogP contribution is 2.16. The predicted molar refractivity (Wildman–Crippen MR) is 191 cm³/mol. The first-order valence-electron chi connectivity index (χ1n) is 17.8. The van der Waals surface area contributed by atoms with Crippen LogP contribution in [0.3, 0.4) is 0 Å². The van der Waals surface area contributed by atoms with Gasteiger partial charge in [0.15, 0.2) is 0 Å². The first-order valence-corrected chi connectivity index (χ1v) is 19.3. The number of thiol groups is 2. The SMILES string of the molecule is S=C(S)NCCCCCCCCCCCCCCCCCCCCCCCCCCCCCCCCCCS. The van der Waals surface area contributed by atoms with Gasteiger partial charge in [0.25, 0.3) is 0 Å². The van der Waals surface area contributed by atoms with E-state index in [9.17, 15) is 0 Å². The molecule has 0 aliphatic heterocycles. The van der Waals surface area contributed by atoms with Crippen molar-refractivity contribution in [3.63, 3.8) is 0 Å². The molecule has 0 heterocycles. The summed E-state index contributed by atoms with van der Waals surface area (Å²) in [5.74, 6) is 1.07. The summed E-state index contributed by atoms with van der Waals surface area (Å²) in [6.07, 6.45) is 46.2. The highest BCUT2D eigenvalue weighted by Gasteiger charge is 1.97. The monoisotopic (exact) mass is 601 g/mol. The number of hydrogen-bond acceptors (Lipinski definition) is 2. The quantitative estimate of drug-likeness (QED) is 0.0385. The van der Waals surface area contributed by atoms with Crippen molar-refractivity contribution in [2.45, 2.75) is 205 Å². The van der Waals surface area contributed by atoms with E-state index in [0.717, 1.165) is 12.3 Å². The summed E-state index contributed by atoms with van der Waals surface area (Å²) < 4.78 is 0.630. The van der Waals surface area contributed by atoms with Gasteiger partial charge in [-0.15, -0.1) is 12.6 Å². The van der Waals surface area contributed by atoms with E-state index < -0.39 is 0 Å². The van der Waals surface area contributed by atoms with Crippen molar-refractivity contribution in [3.05, 3.63) is 0 Å². The van der Waals surface area contributed by atoms with E-state index in [0.29, 0.717) is 4.32 Å². The molecule has 0 amide bonds. The fourth-order valence-corrected chi connectivity index (χ4v) is 6.17. The van der Waals surface area contributed by atoms with Crippen LogP contribution in [0.25, 0.3) is 0 Å². The number of nitrogens with one attached hydrogen (secondary N) is 1. The molecule has 0 spiro atoms. The summed E-state index contributed by atoms with van der Waals surface area (Å²) >= 11 is 13.3. The largest absolute Gasteiger partial charge is 0.371 e. The fraction of sp³-hybridized carbons (Fsp3) is 0.971. The van der Waals surface area contributed by atoms with Gasteiger partial charge in [0.05, 0.1) is 0 Å². The van der Waals surface area contributed by atoms with E-state index in [1.54, 1.807) is 0 Å². The van der Waals surface area contributed by atoms with Crippen LogP contribution in [0.4, 0.5) is 0 Å². The van der Waals surface area contributed by atoms with Crippen LogP contribution in [0.5, 0.6) is 0 Å². The fourth-order valence-electron chi connectivity index (χ4n) is 5.74. The Kier molecular flexibility index (Phi) is 37.2. The molecule has 39 heavy (non-hydrogen) atoms. The number of rotatable bonds is 34. The molecule has 0 rings (SSSR count).